The Morgan fingerprint density at radius 2 is 2.19 bits per heavy atom. The van der Waals surface area contributed by atoms with Crippen LogP contribution in [0.5, 0.6) is 0 Å². The Bertz CT molecular complexity index is 489. The van der Waals surface area contributed by atoms with Gasteiger partial charge in [-0.2, -0.15) is 0 Å². The van der Waals surface area contributed by atoms with Crippen molar-refractivity contribution in [2.24, 2.45) is 5.14 Å². The summed E-state index contributed by atoms with van der Waals surface area (Å²) in [5, 5.41) is 8.10. The van der Waals surface area contributed by atoms with E-state index in [0.29, 0.717) is 13.0 Å². The molecule has 1 aromatic rings. The highest BCUT2D eigenvalue weighted by Gasteiger charge is 2.07. The Hall–Kier alpha value is -1.51. The number of nitrogens with one attached hydrogen (secondary N) is 1. The summed E-state index contributed by atoms with van der Waals surface area (Å²) in [6.07, 6.45) is 6.66. The van der Waals surface area contributed by atoms with Gasteiger partial charge in [-0.05, 0) is 24.6 Å². The summed E-state index contributed by atoms with van der Waals surface area (Å²) in [7, 11) is -3.63. The lowest BCUT2D eigenvalue weighted by molar-refractivity contribution is 0.598. The van der Waals surface area contributed by atoms with Crippen LogP contribution in [0.2, 0.25) is 0 Å². The van der Waals surface area contributed by atoms with Gasteiger partial charge in [0.1, 0.15) is 0 Å². The van der Waals surface area contributed by atoms with E-state index in [-0.39, 0.29) is 4.90 Å². The van der Waals surface area contributed by atoms with Crippen LogP contribution in [-0.4, -0.2) is 15.0 Å². The van der Waals surface area contributed by atoms with Gasteiger partial charge in [-0.3, -0.25) is 0 Å². The molecule has 0 aliphatic rings. The molecule has 16 heavy (non-hydrogen) atoms. The summed E-state index contributed by atoms with van der Waals surface area (Å²) in [5.74, 6) is 2.53. The molecule has 0 atom stereocenters. The van der Waals surface area contributed by atoms with Crippen LogP contribution in [0.25, 0.3) is 0 Å². The number of nitrogens with two attached hydrogens (primary N) is 1. The van der Waals surface area contributed by atoms with E-state index in [9.17, 15) is 8.42 Å². The SMILES string of the molecule is C#CCCCNc1cccc(S(N)(=O)=O)c1. The number of benzene rings is 1. The van der Waals surface area contributed by atoms with Crippen LogP contribution in [0.4, 0.5) is 5.69 Å². The topological polar surface area (TPSA) is 72.2 Å². The molecule has 3 N–H and O–H groups in total. The van der Waals surface area contributed by atoms with Crippen LogP contribution in [0.15, 0.2) is 29.2 Å². The van der Waals surface area contributed by atoms with Crippen molar-refractivity contribution >= 4 is 15.7 Å². The quantitative estimate of drug-likeness (QED) is 0.597. The van der Waals surface area contributed by atoms with Crippen LogP contribution >= 0.6 is 0 Å². The summed E-state index contributed by atoms with van der Waals surface area (Å²) in [4.78, 5) is 0.106. The Kier molecular flexibility index (Phi) is 4.35. The van der Waals surface area contributed by atoms with Crippen molar-refractivity contribution in [3.05, 3.63) is 24.3 Å². The molecule has 0 bridgehead atoms. The number of unbranched alkanes of at least 4 members (excludes halogenated alkanes) is 1. The van der Waals surface area contributed by atoms with Gasteiger partial charge in [0.05, 0.1) is 4.90 Å². The predicted octanol–water partition coefficient (Wildman–Crippen LogP) is 1.16. The first-order chi connectivity index (χ1) is 7.54. The van der Waals surface area contributed by atoms with Crippen molar-refractivity contribution in [2.45, 2.75) is 17.7 Å². The van der Waals surface area contributed by atoms with Gasteiger partial charge in [0.15, 0.2) is 0 Å². The maximum absolute atomic E-state index is 11.1. The fourth-order valence-electron chi connectivity index (χ4n) is 1.21. The zero-order valence-corrected chi connectivity index (χ0v) is 9.63. The molecule has 0 radical (unpaired) electrons. The second-order valence-electron chi connectivity index (χ2n) is 3.31. The molecule has 0 aliphatic heterocycles. The number of terminal acetylenes is 1. The molecule has 0 heterocycles. The van der Waals surface area contributed by atoms with Gasteiger partial charge in [-0.1, -0.05) is 6.07 Å². The lowest BCUT2D eigenvalue weighted by Crippen LogP contribution is -2.12. The monoisotopic (exact) mass is 238 g/mol. The van der Waals surface area contributed by atoms with E-state index < -0.39 is 10.0 Å². The molecular formula is C11H14N2O2S. The molecule has 0 saturated heterocycles. The first-order valence-electron chi connectivity index (χ1n) is 4.84. The number of primary sulfonamides is 1. The second-order valence-corrected chi connectivity index (χ2v) is 4.87. The molecule has 5 heteroatoms. The largest absolute Gasteiger partial charge is 0.385 e. The van der Waals surface area contributed by atoms with Gasteiger partial charge >= 0.3 is 0 Å². The van der Waals surface area contributed by atoms with E-state index in [0.717, 1.165) is 12.1 Å². The van der Waals surface area contributed by atoms with Crippen molar-refractivity contribution in [3.8, 4) is 12.3 Å². The van der Waals surface area contributed by atoms with E-state index in [1.165, 1.54) is 12.1 Å². The predicted molar refractivity (Wildman–Crippen MR) is 64.4 cm³/mol. The van der Waals surface area contributed by atoms with Crippen LogP contribution in [0.1, 0.15) is 12.8 Å². The van der Waals surface area contributed by atoms with Gasteiger partial charge in [0, 0.05) is 18.7 Å². The third kappa shape index (κ3) is 3.93. The zero-order valence-electron chi connectivity index (χ0n) is 8.81. The van der Waals surface area contributed by atoms with Crippen molar-refractivity contribution in [1.29, 1.82) is 0 Å². The third-order valence-corrected chi connectivity index (χ3v) is 2.90. The molecule has 0 aromatic heterocycles. The minimum atomic E-state index is -3.63. The lowest BCUT2D eigenvalue weighted by atomic mass is 10.3. The maximum atomic E-state index is 11.1. The summed E-state index contributed by atoms with van der Waals surface area (Å²) in [6, 6.07) is 6.39. The average Bonchev–Trinajstić information content (AvgIpc) is 2.24. The molecule has 4 nitrogen and oxygen atoms in total. The third-order valence-electron chi connectivity index (χ3n) is 1.99. The minimum Gasteiger partial charge on any atom is -0.385 e. The van der Waals surface area contributed by atoms with Gasteiger partial charge in [0.25, 0.3) is 0 Å². The first kappa shape index (κ1) is 12.6. The molecular weight excluding hydrogens is 224 g/mol. The normalized spacial score (nSPS) is 10.8. The number of anilines is 1. The van der Waals surface area contributed by atoms with E-state index >= 15 is 0 Å². The van der Waals surface area contributed by atoms with Crippen LogP contribution < -0.4 is 10.5 Å². The van der Waals surface area contributed by atoms with Crippen LogP contribution in [-0.2, 0) is 10.0 Å². The summed E-state index contributed by atoms with van der Waals surface area (Å²) in [5.41, 5.74) is 0.726. The van der Waals surface area contributed by atoms with Gasteiger partial charge in [0.2, 0.25) is 10.0 Å². The Labute approximate surface area is 95.9 Å². The fraction of sp³-hybridized carbons (Fsp3) is 0.273. The number of rotatable bonds is 5. The van der Waals surface area contributed by atoms with Gasteiger partial charge in [-0.15, -0.1) is 12.3 Å². The zero-order chi connectivity index (χ0) is 12.0. The highest BCUT2D eigenvalue weighted by molar-refractivity contribution is 7.89. The number of hydrogen-bond acceptors (Lipinski definition) is 3. The highest BCUT2D eigenvalue weighted by atomic mass is 32.2. The first-order valence-corrected chi connectivity index (χ1v) is 6.39. The number of sulfonamides is 1. The molecule has 1 rings (SSSR count). The van der Waals surface area contributed by atoms with E-state index in [1.54, 1.807) is 12.1 Å². The molecule has 86 valence electrons. The van der Waals surface area contributed by atoms with E-state index in [1.807, 2.05) is 0 Å². The molecule has 0 unspecified atom stereocenters. The summed E-state index contributed by atoms with van der Waals surface area (Å²) < 4.78 is 22.2. The Morgan fingerprint density at radius 1 is 1.44 bits per heavy atom. The van der Waals surface area contributed by atoms with Crippen molar-refractivity contribution in [2.75, 3.05) is 11.9 Å². The Morgan fingerprint density at radius 3 is 2.81 bits per heavy atom. The van der Waals surface area contributed by atoms with Crippen LogP contribution in [0, 0.1) is 12.3 Å². The minimum absolute atomic E-state index is 0.106. The molecule has 1 aromatic carbocycles. The fourth-order valence-corrected chi connectivity index (χ4v) is 1.77. The molecule has 0 amide bonds. The van der Waals surface area contributed by atoms with Crippen LogP contribution in [0.3, 0.4) is 0 Å². The van der Waals surface area contributed by atoms with Gasteiger partial charge in [-0.25, -0.2) is 13.6 Å². The van der Waals surface area contributed by atoms with Crippen molar-refractivity contribution in [1.82, 2.24) is 0 Å². The van der Waals surface area contributed by atoms with Crippen molar-refractivity contribution < 1.29 is 8.42 Å². The van der Waals surface area contributed by atoms with Crippen molar-refractivity contribution in [3.63, 3.8) is 0 Å². The standard InChI is InChI=1S/C11H14N2O2S/c1-2-3-4-8-13-10-6-5-7-11(9-10)16(12,14)15/h1,5-7,9,13H,3-4,8H2,(H2,12,14,15). The Balaban J connectivity index is 2.66. The summed E-state index contributed by atoms with van der Waals surface area (Å²) >= 11 is 0. The highest BCUT2D eigenvalue weighted by Crippen LogP contribution is 2.13. The maximum Gasteiger partial charge on any atom is 0.238 e. The molecule has 0 saturated carbocycles. The second kappa shape index (κ2) is 5.54. The lowest BCUT2D eigenvalue weighted by Gasteiger charge is -2.06. The van der Waals surface area contributed by atoms with E-state index in [4.69, 9.17) is 11.6 Å². The molecule has 0 fully saturated rings. The van der Waals surface area contributed by atoms with Gasteiger partial charge < -0.3 is 5.32 Å². The smallest absolute Gasteiger partial charge is 0.238 e. The molecule has 0 aliphatic carbocycles. The summed E-state index contributed by atoms with van der Waals surface area (Å²) in [6.45, 7) is 0.707. The number of hydrogen-bond donors (Lipinski definition) is 2. The molecule has 0 spiro atoms. The van der Waals surface area contributed by atoms with E-state index in [2.05, 4.69) is 11.2 Å². The average molecular weight is 238 g/mol.